The number of hydrogen-bond acceptors (Lipinski definition) is 5. The van der Waals surface area contributed by atoms with Gasteiger partial charge in [-0.2, -0.15) is 0 Å². The van der Waals surface area contributed by atoms with Crippen molar-refractivity contribution in [2.24, 2.45) is 5.73 Å². The number of carbonyl (C=O) groups excluding carboxylic acids is 1. The minimum Gasteiger partial charge on any atom is -0.480 e. The Morgan fingerprint density at radius 2 is 2.15 bits per heavy atom. The van der Waals surface area contributed by atoms with Gasteiger partial charge in [-0.15, -0.1) is 0 Å². The summed E-state index contributed by atoms with van der Waals surface area (Å²) in [6.45, 7) is 1.42. The lowest BCUT2D eigenvalue weighted by Gasteiger charge is -2.04. The maximum absolute atomic E-state index is 10.4. The summed E-state index contributed by atoms with van der Waals surface area (Å²) in [5.41, 5.74) is 5.24. The molecule has 0 aliphatic carbocycles. The summed E-state index contributed by atoms with van der Waals surface area (Å²) < 4.78 is 0. The van der Waals surface area contributed by atoms with E-state index in [2.05, 4.69) is 5.32 Å². The van der Waals surface area contributed by atoms with Crippen LogP contribution in [0.3, 0.4) is 0 Å². The number of rotatable bonds is 6. The van der Waals surface area contributed by atoms with Crippen molar-refractivity contribution in [1.29, 1.82) is 0 Å². The van der Waals surface area contributed by atoms with Gasteiger partial charge in [-0.1, -0.05) is 21.6 Å². The SMILES string of the molecule is CC(=O)NCSSCC(N)C(=O)O. The first-order valence-corrected chi connectivity index (χ1v) is 6.00. The van der Waals surface area contributed by atoms with E-state index in [0.717, 1.165) is 0 Å². The fraction of sp³-hybridized carbons (Fsp3) is 0.667. The second-order valence-electron chi connectivity index (χ2n) is 2.22. The molecule has 1 atom stereocenters. The standard InChI is InChI=1S/C6H12N2O3S2/c1-4(9)8-3-13-12-2-5(7)6(10)11/h5H,2-3,7H2,1H3,(H,8,9)(H,10,11). The molecule has 1 amide bonds. The Morgan fingerprint density at radius 3 is 2.62 bits per heavy atom. The molecule has 5 nitrogen and oxygen atoms in total. The lowest BCUT2D eigenvalue weighted by molar-refractivity contribution is -0.137. The van der Waals surface area contributed by atoms with Gasteiger partial charge in [0.2, 0.25) is 5.91 Å². The Balaban J connectivity index is 3.26. The van der Waals surface area contributed by atoms with Crippen molar-refractivity contribution in [2.45, 2.75) is 13.0 Å². The van der Waals surface area contributed by atoms with Crippen LogP contribution in [0.15, 0.2) is 0 Å². The molecule has 0 spiro atoms. The molecule has 0 aromatic rings. The normalized spacial score (nSPS) is 12.2. The fourth-order valence-electron chi connectivity index (χ4n) is 0.365. The van der Waals surface area contributed by atoms with Crippen molar-refractivity contribution < 1.29 is 14.7 Å². The molecule has 0 aromatic carbocycles. The van der Waals surface area contributed by atoms with Crippen molar-refractivity contribution in [3.63, 3.8) is 0 Å². The van der Waals surface area contributed by atoms with Crippen molar-refractivity contribution in [3.05, 3.63) is 0 Å². The van der Waals surface area contributed by atoms with E-state index in [1.54, 1.807) is 0 Å². The van der Waals surface area contributed by atoms with Gasteiger partial charge in [-0.05, 0) is 0 Å². The van der Waals surface area contributed by atoms with E-state index in [4.69, 9.17) is 10.8 Å². The monoisotopic (exact) mass is 224 g/mol. The predicted molar refractivity (Wildman–Crippen MR) is 54.3 cm³/mol. The van der Waals surface area contributed by atoms with Crippen LogP contribution in [0.2, 0.25) is 0 Å². The number of carboxylic acids is 1. The summed E-state index contributed by atoms with van der Waals surface area (Å²) in [6, 6.07) is -0.838. The third-order valence-corrected chi connectivity index (χ3v) is 3.21. The second-order valence-corrected chi connectivity index (χ2v) is 4.73. The van der Waals surface area contributed by atoms with Crippen LogP contribution >= 0.6 is 21.6 Å². The first kappa shape index (κ1) is 12.6. The molecule has 1 unspecified atom stereocenters. The van der Waals surface area contributed by atoms with E-state index in [9.17, 15) is 9.59 Å². The number of hydrogen-bond donors (Lipinski definition) is 3. The van der Waals surface area contributed by atoms with Crippen LogP contribution in [-0.4, -0.2) is 34.7 Å². The van der Waals surface area contributed by atoms with Gasteiger partial charge >= 0.3 is 5.97 Å². The van der Waals surface area contributed by atoms with Crippen molar-refractivity contribution >= 4 is 33.5 Å². The maximum Gasteiger partial charge on any atom is 0.321 e. The highest BCUT2D eigenvalue weighted by atomic mass is 33.1. The number of carbonyl (C=O) groups is 2. The molecule has 7 heteroatoms. The zero-order valence-corrected chi connectivity index (χ0v) is 8.78. The number of amides is 1. The van der Waals surface area contributed by atoms with Crippen LogP contribution in [0.1, 0.15) is 6.92 Å². The van der Waals surface area contributed by atoms with Gasteiger partial charge in [0.05, 0.1) is 5.88 Å². The molecule has 0 rings (SSSR count). The molecule has 4 N–H and O–H groups in total. The van der Waals surface area contributed by atoms with E-state index in [-0.39, 0.29) is 5.91 Å². The van der Waals surface area contributed by atoms with E-state index in [1.165, 1.54) is 28.5 Å². The number of nitrogens with one attached hydrogen (secondary N) is 1. The maximum atomic E-state index is 10.4. The molecule has 0 aromatic heterocycles. The molecule has 0 fully saturated rings. The Morgan fingerprint density at radius 1 is 1.54 bits per heavy atom. The Hall–Kier alpha value is -0.400. The third kappa shape index (κ3) is 7.94. The number of carboxylic acid groups (broad SMARTS) is 1. The summed E-state index contributed by atoms with van der Waals surface area (Å²) in [5, 5.41) is 11.0. The molecular weight excluding hydrogens is 212 g/mol. The predicted octanol–water partition coefficient (Wildman–Crippen LogP) is -0.127. The number of nitrogens with two attached hydrogens (primary N) is 1. The minimum atomic E-state index is -1.01. The quantitative estimate of drug-likeness (QED) is 0.331. The molecule has 0 radical (unpaired) electrons. The van der Waals surface area contributed by atoms with Gasteiger partial charge in [-0.3, -0.25) is 9.59 Å². The largest absolute Gasteiger partial charge is 0.480 e. The van der Waals surface area contributed by atoms with Crippen LogP contribution in [0, 0.1) is 0 Å². The molecule has 0 aliphatic rings. The zero-order chi connectivity index (χ0) is 10.3. The summed E-state index contributed by atoms with van der Waals surface area (Å²) >= 11 is 0. The molecule has 0 saturated carbocycles. The van der Waals surface area contributed by atoms with Gasteiger partial charge in [0.25, 0.3) is 0 Å². The van der Waals surface area contributed by atoms with Crippen LogP contribution in [-0.2, 0) is 9.59 Å². The van der Waals surface area contributed by atoms with Crippen LogP contribution in [0.25, 0.3) is 0 Å². The third-order valence-electron chi connectivity index (χ3n) is 1.03. The van der Waals surface area contributed by atoms with Crippen molar-refractivity contribution in [3.8, 4) is 0 Å². The summed E-state index contributed by atoms with van der Waals surface area (Å²) in [7, 11) is 2.70. The van der Waals surface area contributed by atoms with E-state index < -0.39 is 12.0 Å². The van der Waals surface area contributed by atoms with Crippen LogP contribution in [0.5, 0.6) is 0 Å². The first-order valence-electron chi connectivity index (χ1n) is 3.51. The highest BCUT2D eigenvalue weighted by molar-refractivity contribution is 8.76. The van der Waals surface area contributed by atoms with Gasteiger partial charge in [0, 0.05) is 12.7 Å². The highest BCUT2D eigenvalue weighted by Crippen LogP contribution is 2.19. The Labute approximate surface area is 84.2 Å². The average molecular weight is 224 g/mol. The molecular formula is C6H12N2O3S2. The molecule has 0 heterocycles. The smallest absolute Gasteiger partial charge is 0.321 e. The Bertz CT molecular complexity index is 189. The topological polar surface area (TPSA) is 92.4 Å². The van der Waals surface area contributed by atoms with Crippen molar-refractivity contribution in [2.75, 3.05) is 11.6 Å². The summed E-state index contributed by atoms with van der Waals surface area (Å²) in [4.78, 5) is 20.7. The van der Waals surface area contributed by atoms with E-state index >= 15 is 0 Å². The lowest BCUT2D eigenvalue weighted by Crippen LogP contribution is -2.32. The summed E-state index contributed by atoms with van der Waals surface area (Å²) in [6.07, 6.45) is 0. The van der Waals surface area contributed by atoms with Crippen molar-refractivity contribution in [1.82, 2.24) is 5.32 Å². The lowest BCUT2D eigenvalue weighted by atomic mass is 10.4. The van der Waals surface area contributed by atoms with Gasteiger partial charge in [-0.25, -0.2) is 0 Å². The minimum absolute atomic E-state index is 0.101. The molecule has 76 valence electrons. The average Bonchev–Trinajstić information content (AvgIpc) is 2.02. The van der Waals surface area contributed by atoms with Gasteiger partial charge < -0.3 is 16.2 Å². The fourth-order valence-corrected chi connectivity index (χ4v) is 2.25. The van der Waals surface area contributed by atoms with Gasteiger partial charge in [0.1, 0.15) is 6.04 Å². The summed E-state index contributed by atoms with van der Waals surface area (Å²) in [5.74, 6) is -0.311. The van der Waals surface area contributed by atoms with E-state index in [0.29, 0.717) is 11.6 Å². The molecule has 13 heavy (non-hydrogen) atoms. The van der Waals surface area contributed by atoms with Crippen LogP contribution < -0.4 is 11.1 Å². The van der Waals surface area contributed by atoms with E-state index in [1.807, 2.05) is 0 Å². The number of aliphatic carboxylic acids is 1. The first-order chi connectivity index (χ1) is 6.04. The molecule has 0 aliphatic heterocycles. The second kappa shape index (κ2) is 7.05. The van der Waals surface area contributed by atoms with Gasteiger partial charge in [0.15, 0.2) is 0 Å². The zero-order valence-electron chi connectivity index (χ0n) is 7.15. The molecule has 0 bridgehead atoms. The van der Waals surface area contributed by atoms with Crippen LogP contribution in [0.4, 0.5) is 0 Å². The highest BCUT2D eigenvalue weighted by Gasteiger charge is 2.10. The Kier molecular flexibility index (Phi) is 6.83. The molecule has 0 saturated heterocycles.